The van der Waals surface area contributed by atoms with Gasteiger partial charge in [-0.1, -0.05) is 54.6 Å². The molecule has 0 saturated carbocycles. The van der Waals surface area contributed by atoms with Crippen LogP contribution in [0.5, 0.6) is 0 Å². The third-order valence-corrected chi connectivity index (χ3v) is 4.43. The van der Waals surface area contributed by atoms with Crippen molar-refractivity contribution in [3.63, 3.8) is 0 Å². The van der Waals surface area contributed by atoms with Crippen molar-refractivity contribution in [2.24, 2.45) is 0 Å². The van der Waals surface area contributed by atoms with E-state index in [4.69, 9.17) is 4.42 Å². The second-order valence-electron chi connectivity index (χ2n) is 5.92. The van der Waals surface area contributed by atoms with Gasteiger partial charge in [0, 0.05) is 22.3 Å². The summed E-state index contributed by atoms with van der Waals surface area (Å²) < 4.78 is 5.34. The van der Waals surface area contributed by atoms with Gasteiger partial charge in [-0.25, -0.2) is 4.79 Å². The summed E-state index contributed by atoms with van der Waals surface area (Å²) in [5.74, 6) is -1.71. The zero-order valence-corrected chi connectivity index (χ0v) is 13.4. The molecule has 0 N–H and O–H groups in total. The van der Waals surface area contributed by atoms with Crippen molar-refractivity contribution in [3.8, 4) is 17.4 Å². The Kier molecular flexibility index (Phi) is 3.59. The maximum Gasteiger partial charge on any atom is 0.354 e. The SMILES string of the molecule is N#Cc1cc(C2C(=O)c3ccccc3C2=O)c(-c2ccccc2)oc1=O. The molecular formula is C21H11NO4. The lowest BCUT2D eigenvalue weighted by Gasteiger charge is -2.12. The van der Waals surface area contributed by atoms with E-state index in [1.165, 1.54) is 6.07 Å². The van der Waals surface area contributed by atoms with E-state index < -0.39 is 11.5 Å². The number of fused-ring (bicyclic) bond motifs is 1. The maximum atomic E-state index is 12.9. The number of nitrogens with zero attached hydrogens (tertiary/aromatic N) is 1. The first-order valence-corrected chi connectivity index (χ1v) is 7.93. The van der Waals surface area contributed by atoms with Crippen LogP contribution < -0.4 is 5.63 Å². The normalized spacial score (nSPS) is 13.5. The number of Topliss-reactive ketones (excluding diaryl/α,β-unsaturated/α-hetero) is 2. The van der Waals surface area contributed by atoms with Crippen molar-refractivity contribution in [1.82, 2.24) is 0 Å². The fraction of sp³-hybridized carbons (Fsp3) is 0.0476. The highest BCUT2D eigenvalue weighted by molar-refractivity contribution is 6.30. The second kappa shape index (κ2) is 5.94. The Morgan fingerprint density at radius 1 is 0.846 bits per heavy atom. The summed E-state index contributed by atoms with van der Waals surface area (Å²) in [5.41, 5.74) is 0.429. The number of hydrogen-bond acceptors (Lipinski definition) is 5. The molecule has 1 aliphatic rings. The summed E-state index contributed by atoms with van der Waals surface area (Å²) in [7, 11) is 0. The van der Waals surface area contributed by atoms with Gasteiger partial charge >= 0.3 is 5.63 Å². The minimum absolute atomic E-state index is 0.133. The molecule has 1 aromatic heterocycles. The number of carbonyl (C=O) groups is 2. The third kappa shape index (κ3) is 2.28. The van der Waals surface area contributed by atoms with Gasteiger partial charge in [-0.2, -0.15) is 5.26 Å². The lowest BCUT2D eigenvalue weighted by atomic mass is 9.90. The van der Waals surface area contributed by atoms with Gasteiger partial charge in [0.1, 0.15) is 23.3 Å². The summed E-state index contributed by atoms with van der Waals surface area (Å²) in [6.45, 7) is 0. The highest BCUT2D eigenvalue weighted by Gasteiger charge is 2.41. The zero-order valence-electron chi connectivity index (χ0n) is 13.4. The largest absolute Gasteiger partial charge is 0.421 e. The number of ketones is 2. The van der Waals surface area contributed by atoms with E-state index in [0.717, 1.165) is 0 Å². The van der Waals surface area contributed by atoms with Gasteiger partial charge < -0.3 is 4.42 Å². The van der Waals surface area contributed by atoms with E-state index in [2.05, 4.69) is 0 Å². The molecule has 124 valence electrons. The first kappa shape index (κ1) is 15.7. The van der Waals surface area contributed by atoms with Crippen molar-refractivity contribution >= 4 is 11.6 Å². The first-order valence-electron chi connectivity index (χ1n) is 7.93. The molecule has 0 amide bonds. The molecule has 0 saturated heterocycles. The minimum Gasteiger partial charge on any atom is -0.421 e. The number of carbonyl (C=O) groups excluding carboxylic acids is 2. The van der Waals surface area contributed by atoms with Crippen molar-refractivity contribution in [2.45, 2.75) is 5.92 Å². The van der Waals surface area contributed by atoms with Gasteiger partial charge in [0.05, 0.1) is 0 Å². The van der Waals surface area contributed by atoms with Gasteiger partial charge in [0.2, 0.25) is 0 Å². The van der Waals surface area contributed by atoms with Crippen LogP contribution in [0.1, 0.15) is 37.8 Å². The molecule has 5 nitrogen and oxygen atoms in total. The van der Waals surface area contributed by atoms with Crippen LogP contribution in [0, 0.1) is 11.3 Å². The van der Waals surface area contributed by atoms with E-state index >= 15 is 0 Å². The van der Waals surface area contributed by atoms with Gasteiger partial charge in [-0.05, 0) is 6.07 Å². The van der Waals surface area contributed by atoms with Crippen LogP contribution in [-0.2, 0) is 0 Å². The number of benzene rings is 2. The van der Waals surface area contributed by atoms with E-state index in [0.29, 0.717) is 16.7 Å². The Balaban J connectivity index is 1.98. The predicted molar refractivity (Wildman–Crippen MR) is 93.0 cm³/mol. The van der Waals surface area contributed by atoms with E-state index in [-0.39, 0.29) is 28.5 Å². The van der Waals surface area contributed by atoms with Crippen LogP contribution in [0.15, 0.2) is 69.9 Å². The van der Waals surface area contributed by atoms with Crippen molar-refractivity contribution in [1.29, 1.82) is 5.26 Å². The van der Waals surface area contributed by atoms with Crippen molar-refractivity contribution < 1.29 is 14.0 Å². The van der Waals surface area contributed by atoms with Crippen LogP contribution in [0.2, 0.25) is 0 Å². The molecule has 1 aliphatic carbocycles. The summed E-state index contributed by atoms with van der Waals surface area (Å²) in [4.78, 5) is 37.7. The number of nitriles is 1. The van der Waals surface area contributed by atoms with Gasteiger partial charge in [-0.15, -0.1) is 0 Å². The third-order valence-electron chi connectivity index (χ3n) is 4.43. The van der Waals surface area contributed by atoms with Crippen molar-refractivity contribution in [2.75, 3.05) is 0 Å². The Labute approximate surface area is 148 Å². The highest BCUT2D eigenvalue weighted by Crippen LogP contribution is 2.38. The second-order valence-corrected chi connectivity index (χ2v) is 5.92. The van der Waals surface area contributed by atoms with Crippen LogP contribution in [-0.4, -0.2) is 11.6 Å². The molecule has 3 aromatic rings. The van der Waals surface area contributed by atoms with E-state index in [1.807, 2.05) is 0 Å². The van der Waals surface area contributed by atoms with Crippen LogP contribution in [0.3, 0.4) is 0 Å². The van der Waals surface area contributed by atoms with E-state index in [9.17, 15) is 19.6 Å². The molecule has 5 heteroatoms. The molecule has 0 radical (unpaired) electrons. The molecule has 0 spiro atoms. The molecule has 0 unspecified atom stereocenters. The monoisotopic (exact) mass is 341 g/mol. The average molecular weight is 341 g/mol. The summed E-state index contributed by atoms with van der Waals surface area (Å²) in [6.07, 6.45) is 0. The molecule has 0 fully saturated rings. The van der Waals surface area contributed by atoms with Crippen LogP contribution in [0.4, 0.5) is 0 Å². The molecule has 4 rings (SSSR count). The molecule has 2 aromatic carbocycles. The molecule has 0 aliphatic heterocycles. The smallest absolute Gasteiger partial charge is 0.354 e. The lowest BCUT2D eigenvalue weighted by molar-refractivity contribution is 0.0889. The standard InChI is InChI=1S/C21H11NO4/c22-11-13-10-16(20(26-21(13)25)12-6-2-1-3-7-12)17-18(23)14-8-4-5-9-15(14)19(17)24/h1-10,17H. The lowest BCUT2D eigenvalue weighted by Crippen LogP contribution is -2.17. The topological polar surface area (TPSA) is 88.1 Å². The van der Waals surface area contributed by atoms with Gasteiger partial charge in [0.15, 0.2) is 11.6 Å². The van der Waals surface area contributed by atoms with Crippen LogP contribution >= 0.6 is 0 Å². The van der Waals surface area contributed by atoms with E-state index in [1.54, 1.807) is 60.7 Å². The zero-order chi connectivity index (χ0) is 18.3. The van der Waals surface area contributed by atoms with Gasteiger partial charge in [0.25, 0.3) is 0 Å². The highest BCUT2D eigenvalue weighted by atomic mass is 16.4. The number of hydrogen-bond donors (Lipinski definition) is 0. The van der Waals surface area contributed by atoms with Crippen molar-refractivity contribution in [3.05, 3.63) is 93.3 Å². The molecule has 26 heavy (non-hydrogen) atoms. The Hall–Kier alpha value is -3.78. The average Bonchev–Trinajstić information content (AvgIpc) is 2.93. The summed E-state index contributed by atoms with van der Waals surface area (Å²) in [6, 6.07) is 18.4. The minimum atomic E-state index is -1.13. The first-order chi connectivity index (χ1) is 12.6. The molecular weight excluding hydrogens is 330 g/mol. The Bertz CT molecular complexity index is 1120. The molecule has 0 bridgehead atoms. The molecule has 0 atom stereocenters. The van der Waals surface area contributed by atoms with Gasteiger partial charge in [-0.3, -0.25) is 9.59 Å². The Morgan fingerprint density at radius 2 is 1.42 bits per heavy atom. The molecule has 1 heterocycles. The summed E-state index contributed by atoms with van der Waals surface area (Å²) in [5, 5.41) is 9.17. The summed E-state index contributed by atoms with van der Waals surface area (Å²) >= 11 is 0. The van der Waals surface area contributed by atoms with Crippen LogP contribution in [0.25, 0.3) is 11.3 Å². The fourth-order valence-electron chi connectivity index (χ4n) is 3.22. The maximum absolute atomic E-state index is 12.9. The fourth-order valence-corrected chi connectivity index (χ4v) is 3.22. The quantitative estimate of drug-likeness (QED) is 0.667. The predicted octanol–water partition coefficient (Wildman–Crippen LogP) is 3.34. The Morgan fingerprint density at radius 3 is 2.00 bits per heavy atom. The number of rotatable bonds is 2.